The number of rotatable bonds is 6. The molecule has 0 saturated carbocycles. The molecule has 1 aliphatic rings. The van der Waals surface area contributed by atoms with E-state index in [4.69, 9.17) is 11.6 Å². The number of carbonyl (C=O) groups excluding carboxylic acids is 2. The molecule has 0 spiro atoms. The van der Waals surface area contributed by atoms with Gasteiger partial charge in [-0.2, -0.15) is 0 Å². The van der Waals surface area contributed by atoms with Gasteiger partial charge in [0.25, 0.3) is 0 Å². The number of nitrogens with zero attached hydrogens (tertiary/aromatic N) is 3. The third kappa shape index (κ3) is 5.02. The van der Waals surface area contributed by atoms with Gasteiger partial charge in [-0.3, -0.25) is 24.5 Å². The fourth-order valence-electron chi connectivity index (χ4n) is 3.01. The van der Waals surface area contributed by atoms with Crippen LogP contribution >= 0.6 is 11.6 Å². The molecule has 2 heterocycles. The monoisotopic (exact) mass is 405 g/mol. The summed E-state index contributed by atoms with van der Waals surface area (Å²) >= 11 is 6.11. The van der Waals surface area contributed by atoms with Crippen molar-refractivity contribution in [2.24, 2.45) is 0 Å². The van der Waals surface area contributed by atoms with Crippen LogP contribution in [0, 0.1) is 12.7 Å². The summed E-state index contributed by atoms with van der Waals surface area (Å²) in [5, 5.41) is 5.80. The lowest BCUT2D eigenvalue weighted by molar-refractivity contribution is -0.134. The van der Waals surface area contributed by atoms with Crippen molar-refractivity contribution in [1.82, 2.24) is 25.5 Å². The first-order chi connectivity index (χ1) is 13.4. The fraction of sp³-hybridized carbons (Fsp3) is 0.368. The quantitative estimate of drug-likeness (QED) is 0.762. The van der Waals surface area contributed by atoms with Crippen molar-refractivity contribution in [3.05, 3.63) is 58.4 Å². The molecule has 1 atom stereocenters. The zero-order valence-electron chi connectivity index (χ0n) is 15.4. The van der Waals surface area contributed by atoms with E-state index >= 15 is 0 Å². The Hall–Kier alpha value is -2.58. The minimum absolute atomic E-state index is 0.0444. The van der Waals surface area contributed by atoms with E-state index in [1.807, 2.05) is 6.92 Å². The number of halogens is 2. The molecule has 1 fully saturated rings. The number of aryl methyl sites for hydroxylation is 1. The zero-order chi connectivity index (χ0) is 20.1. The molecule has 2 N–H and O–H groups in total. The van der Waals surface area contributed by atoms with Gasteiger partial charge >= 0.3 is 0 Å². The van der Waals surface area contributed by atoms with Gasteiger partial charge in [0, 0.05) is 36.4 Å². The van der Waals surface area contributed by atoms with Crippen molar-refractivity contribution in [3.8, 4) is 0 Å². The lowest BCUT2D eigenvalue weighted by Gasteiger charge is -2.35. The van der Waals surface area contributed by atoms with E-state index in [-0.39, 0.29) is 31.3 Å². The van der Waals surface area contributed by atoms with Crippen LogP contribution in [0.15, 0.2) is 30.6 Å². The first kappa shape index (κ1) is 20.2. The summed E-state index contributed by atoms with van der Waals surface area (Å²) in [5.74, 6) is -0.988. The van der Waals surface area contributed by atoms with Gasteiger partial charge in [-0.1, -0.05) is 17.7 Å². The Bertz CT molecular complexity index is 842. The lowest BCUT2D eigenvalue weighted by atomic mass is 10.1. The van der Waals surface area contributed by atoms with E-state index in [2.05, 4.69) is 20.6 Å². The molecule has 148 valence electrons. The highest BCUT2D eigenvalue weighted by molar-refractivity contribution is 6.31. The van der Waals surface area contributed by atoms with Crippen LogP contribution in [0.5, 0.6) is 0 Å². The van der Waals surface area contributed by atoms with Crippen LogP contribution in [0.1, 0.15) is 23.4 Å². The number of benzene rings is 1. The summed E-state index contributed by atoms with van der Waals surface area (Å²) in [6, 6.07) is 3.76. The molecule has 1 saturated heterocycles. The topological polar surface area (TPSA) is 87.2 Å². The minimum Gasteiger partial charge on any atom is -0.353 e. The number of hydrogen-bond donors (Lipinski definition) is 2. The van der Waals surface area contributed by atoms with Crippen LogP contribution in [-0.4, -0.2) is 45.8 Å². The molecule has 2 aromatic rings. The zero-order valence-corrected chi connectivity index (χ0v) is 16.2. The molecule has 2 amide bonds. The molecule has 9 heteroatoms. The number of carbonyl (C=O) groups is 2. The van der Waals surface area contributed by atoms with Crippen LogP contribution in [0.3, 0.4) is 0 Å². The average Bonchev–Trinajstić information content (AvgIpc) is 2.67. The van der Waals surface area contributed by atoms with Crippen molar-refractivity contribution in [1.29, 1.82) is 0 Å². The van der Waals surface area contributed by atoms with Crippen LogP contribution in [0.2, 0.25) is 5.02 Å². The van der Waals surface area contributed by atoms with Gasteiger partial charge in [-0.25, -0.2) is 4.39 Å². The molecule has 0 bridgehead atoms. The smallest absolute Gasteiger partial charge is 0.237 e. The van der Waals surface area contributed by atoms with E-state index in [9.17, 15) is 14.0 Å². The molecular weight excluding hydrogens is 385 g/mol. The first-order valence-corrected chi connectivity index (χ1v) is 9.30. The summed E-state index contributed by atoms with van der Waals surface area (Å²) in [4.78, 5) is 34.8. The van der Waals surface area contributed by atoms with Crippen molar-refractivity contribution in [2.45, 2.75) is 32.5 Å². The van der Waals surface area contributed by atoms with E-state index in [1.165, 1.54) is 12.1 Å². The maximum Gasteiger partial charge on any atom is 0.237 e. The third-order valence-electron chi connectivity index (χ3n) is 4.54. The molecule has 0 aliphatic carbocycles. The van der Waals surface area contributed by atoms with Crippen LogP contribution in [-0.2, 0) is 22.7 Å². The maximum atomic E-state index is 14.1. The molecule has 1 aromatic carbocycles. The van der Waals surface area contributed by atoms with Crippen LogP contribution < -0.4 is 10.6 Å². The highest BCUT2D eigenvalue weighted by Crippen LogP contribution is 2.23. The van der Waals surface area contributed by atoms with Gasteiger partial charge in [-0.15, -0.1) is 0 Å². The average molecular weight is 406 g/mol. The molecule has 28 heavy (non-hydrogen) atoms. The van der Waals surface area contributed by atoms with E-state index < -0.39 is 11.9 Å². The Morgan fingerprint density at radius 2 is 2.21 bits per heavy atom. The fourth-order valence-corrected chi connectivity index (χ4v) is 3.23. The second-order valence-electron chi connectivity index (χ2n) is 6.61. The van der Waals surface area contributed by atoms with E-state index in [0.29, 0.717) is 29.4 Å². The summed E-state index contributed by atoms with van der Waals surface area (Å²) in [5.41, 5.74) is 1.73. The van der Waals surface area contributed by atoms with Crippen molar-refractivity contribution < 1.29 is 14.0 Å². The summed E-state index contributed by atoms with van der Waals surface area (Å²) in [7, 11) is 0. The number of hydrogen-bond acceptors (Lipinski definition) is 5. The van der Waals surface area contributed by atoms with E-state index in [0.717, 1.165) is 5.69 Å². The van der Waals surface area contributed by atoms with Crippen LogP contribution in [0.25, 0.3) is 0 Å². The molecular formula is C19H21ClFN5O2. The Morgan fingerprint density at radius 1 is 1.39 bits per heavy atom. The normalized spacial score (nSPS) is 17.2. The van der Waals surface area contributed by atoms with Gasteiger partial charge in [0.15, 0.2) is 0 Å². The second-order valence-corrected chi connectivity index (χ2v) is 7.01. The molecule has 3 rings (SSSR count). The summed E-state index contributed by atoms with van der Waals surface area (Å²) in [6.07, 6.45) is 3.17. The molecule has 7 nitrogen and oxygen atoms in total. The van der Waals surface area contributed by atoms with E-state index in [1.54, 1.807) is 23.4 Å². The van der Waals surface area contributed by atoms with Crippen molar-refractivity contribution in [3.63, 3.8) is 0 Å². The highest BCUT2D eigenvalue weighted by atomic mass is 35.5. The maximum absolute atomic E-state index is 14.1. The molecule has 1 aromatic heterocycles. The SMILES string of the molecule is Cc1cnc(CNC(=O)CC2C(=O)NCCN2Cc2c(F)cccc2Cl)cn1. The van der Waals surface area contributed by atoms with Gasteiger partial charge in [-0.05, 0) is 19.1 Å². The molecule has 1 unspecified atom stereocenters. The van der Waals surface area contributed by atoms with Crippen LogP contribution in [0.4, 0.5) is 4.39 Å². The summed E-state index contributed by atoms with van der Waals surface area (Å²) in [6.45, 7) is 3.13. The predicted molar refractivity (Wildman–Crippen MR) is 102 cm³/mol. The first-order valence-electron chi connectivity index (χ1n) is 8.93. The highest BCUT2D eigenvalue weighted by Gasteiger charge is 2.32. The third-order valence-corrected chi connectivity index (χ3v) is 4.90. The van der Waals surface area contributed by atoms with Crippen molar-refractivity contribution >= 4 is 23.4 Å². The molecule has 1 aliphatic heterocycles. The van der Waals surface area contributed by atoms with Gasteiger partial charge in [0.2, 0.25) is 11.8 Å². The minimum atomic E-state index is -0.700. The van der Waals surface area contributed by atoms with Gasteiger partial charge in [0.05, 0.1) is 36.6 Å². The Morgan fingerprint density at radius 3 is 2.93 bits per heavy atom. The Kier molecular flexibility index (Phi) is 6.53. The number of amides is 2. The van der Waals surface area contributed by atoms with Gasteiger partial charge in [0.1, 0.15) is 5.82 Å². The summed E-state index contributed by atoms with van der Waals surface area (Å²) < 4.78 is 14.1. The number of nitrogens with one attached hydrogen (secondary N) is 2. The standard InChI is InChI=1S/C19H21ClFN5O2/c1-12-8-24-13(9-23-12)10-25-18(27)7-17-19(28)22-5-6-26(17)11-14-15(20)3-2-4-16(14)21/h2-4,8-9,17H,5-7,10-11H2,1H3,(H,22,28)(H,25,27). The Balaban J connectivity index is 1.64. The van der Waals surface area contributed by atoms with Gasteiger partial charge < -0.3 is 10.6 Å². The lowest BCUT2D eigenvalue weighted by Crippen LogP contribution is -2.56. The molecule has 0 radical (unpaired) electrons. The van der Waals surface area contributed by atoms with Crippen molar-refractivity contribution in [2.75, 3.05) is 13.1 Å². The number of aromatic nitrogens is 2. The number of piperazine rings is 1. The largest absolute Gasteiger partial charge is 0.353 e. The Labute approximate surface area is 167 Å². The predicted octanol–water partition coefficient (Wildman–Crippen LogP) is 1.58. The second kappa shape index (κ2) is 9.07.